The number of amides is 1. The number of ketones is 1. The van der Waals surface area contributed by atoms with E-state index < -0.39 is 0 Å². The molecule has 28 heavy (non-hydrogen) atoms. The minimum atomic E-state index is -0.208. The Labute approximate surface area is 172 Å². The van der Waals surface area contributed by atoms with Crippen molar-refractivity contribution in [2.75, 3.05) is 38.0 Å². The molecule has 0 spiro atoms. The summed E-state index contributed by atoms with van der Waals surface area (Å²) in [5, 5.41) is 2.86. The number of nitrogens with one attached hydrogen (secondary N) is 1. The van der Waals surface area contributed by atoms with E-state index in [1.807, 2.05) is 6.07 Å². The first-order valence-electron chi connectivity index (χ1n) is 9.21. The third-order valence-corrected chi connectivity index (χ3v) is 5.45. The Morgan fingerprint density at radius 1 is 1.04 bits per heavy atom. The Morgan fingerprint density at radius 2 is 1.68 bits per heavy atom. The smallest absolute Gasteiger partial charge is 0.238 e. The van der Waals surface area contributed by atoms with E-state index in [0.29, 0.717) is 34.4 Å². The van der Waals surface area contributed by atoms with E-state index in [0.717, 1.165) is 26.2 Å². The molecule has 2 aromatic carbocycles. The second-order valence-corrected chi connectivity index (χ2v) is 7.80. The molecule has 1 N–H and O–H groups in total. The van der Waals surface area contributed by atoms with Crippen LogP contribution in [-0.2, 0) is 11.3 Å². The molecule has 1 fully saturated rings. The van der Waals surface area contributed by atoms with Gasteiger partial charge in [-0.15, -0.1) is 0 Å². The SMILES string of the molecule is CC(=O)c1ccc(NC(=O)CN2CCN(Cc3cccc(Br)c3F)CC2)cc1. The standard InChI is InChI=1S/C21H23BrFN3O2/c1-15(27)16-5-7-18(8-6-16)24-20(28)14-26-11-9-25(10-12-26)13-17-3-2-4-19(22)21(17)23/h2-8H,9-14H2,1H3,(H,24,28). The highest BCUT2D eigenvalue weighted by Crippen LogP contribution is 2.20. The van der Waals surface area contributed by atoms with E-state index in [-0.39, 0.29) is 17.5 Å². The lowest BCUT2D eigenvalue weighted by molar-refractivity contribution is -0.117. The summed E-state index contributed by atoms with van der Waals surface area (Å²) in [6, 6.07) is 12.2. The van der Waals surface area contributed by atoms with Gasteiger partial charge in [0.25, 0.3) is 0 Å². The third-order valence-electron chi connectivity index (χ3n) is 4.83. The van der Waals surface area contributed by atoms with Gasteiger partial charge < -0.3 is 5.32 Å². The number of benzene rings is 2. The minimum Gasteiger partial charge on any atom is -0.325 e. The summed E-state index contributed by atoms with van der Waals surface area (Å²) in [4.78, 5) is 27.8. The molecule has 0 aromatic heterocycles. The Kier molecular flexibility index (Phi) is 6.93. The van der Waals surface area contributed by atoms with Crippen LogP contribution in [0.4, 0.5) is 10.1 Å². The summed E-state index contributed by atoms with van der Waals surface area (Å²) >= 11 is 3.22. The summed E-state index contributed by atoms with van der Waals surface area (Å²) in [6.45, 7) is 5.47. The fraction of sp³-hybridized carbons (Fsp3) is 0.333. The number of piperazine rings is 1. The number of nitrogens with zero attached hydrogens (tertiary/aromatic N) is 2. The molecule has 0 unspecified atom stereocenters. The number of anilines is 1. The molecule has 1 amide bonds. The Hall–Kier alpha value is -2.09. The maximum absolute atomic E-state index is 14.1. The quantitative estimate of drug-likeness (QED) is 0.687. The number of hydrogen-bond acceptors (Lipinski definition) is 4. The lowest BCUT2D eigenvalue weighted by Gasteiger charge is -2.34. The molecule has 0 aliphatic carbocycles. The van der Waals surface area contributed by atoms with Gasteiger partial charge in [-0.25, -0.2) is 4.39 Å². The van der Waals surface area contributed by atoms with Gasteiger partial charge in [0.15, 0.2) is 5.78 Å². The van der Waals surface area contributed by atoms with Gasteiger partial charge in [0, 0.05) is 49.5 Å². The normalized spacial score (nSPS) is 15.4. The predicted octanol–water partition coefficient (Wildman–Crippen LogP) is 3.55. The van der Waals surface area contributed by atoms with Crippen LogP contribution in [0.5, 0.6) is 0 Å². The van der Waals surface area contributed by atoms with Crippen LogP contribution in [0.1, 0.15) is 22.8 Å². The van der Waals surface area contributed by atoms with Crippen molar-refractivity contribution in [3.05, 3.63) is 63.9 Å². The molecular weight excluding hydrogens is 425 g/mol. The zero-order valence-corrected chi connectivity index (χ0v) is 17.3. The molecule has 1 heterocycles. The van der Waals surface area contributed by atoms with Crippen LogP contribution in [0, 0.1) is 5.82 Å². The van der Waals surface area contributed by atoms with Crippen LogP contribution in [0.25, 0.3) is 0 Å². The Morgan fingerprint density at radius 3 is 2.32 bits per heavy atom. The van der Waals surface area contributed by atoms with Gasteiger partial charge in [-0.05, 0) is 53.2 Å². The highest BCUT2D eigenvalue weighted by atomic mass is 79.9. The first-order valence-corrected chi connectivity index (χ1v) is 10.00. The summed E-state index contributed by atoms with van der Waals surface area (Å²) in [5.74, 6) is -0.291. The number of hydrogen-bond donors (Lipinski definition) is 1. The van der Waals surface area contributed by atoms with Gasteiger partial charge in [-0.1, -0.05) is 12.1 Å². The van der Waals surface area contributed by atoms with E-state index in [1.165, 1.54) is 6.92 Å². The molecule has 1 saturated heterocycles. The van der Waals surface area contributed by atoms with Crippen molar-refractivity contribution < 1.29 is 14.0 Å². The minimum absolute atomic E-state index is 0.00140. The molecule has 2 aromatic rings. The van der Waals surface area contributed by atoms with Crippen molar-refractivity contribution >= 4 is 33.3 Å². The maximum Gasteiger partial charge on any atom is 0.238 e. The van der Waals surface area contributed by atoms with Crippen molar-refractivity contribution in [3.63, 3.8) is 0 Å². The zero-order valence-electron chi connectivity index (χ0n) is 15.8. The van der Waals surface area contributed by atoms with Crippen molar-refractivity contribution in [1.82, 2.24) is 9.80 Å². The average molecular weight is 448 g/mol. The number of Topliss-reactive ketones (excluding diaryl/α,β-unsaturated/α-hetero) is 1. The van der Waals surface area contributed by atoms with E-state index in [4.69, 9.17) is 0 Å². The lowest BCUT2D eigenvalue weighted by Crippen LogP contribution is -2.48. The highest BCUT2D eigenvalue weighted by molar-refractivity contribution is 9.10. The van der Waals surface area contributed by atoms with Crippen LogP contribution in [-0.4, -0.2) is 54.2 Å². The van der Waals surface area contributed by atoms with Crippen molar-refractivity contribution in [2.45, 2.75) is 13.5 Å². The largest absolute Gasteiger partial charge is 0.325 e. The van der Waals surface area contributed by atoms with Crippen LogP contribution in [0.15, 0.2) is 46.9 Å². The molecule has 1 aliphatic rings. The van der Waals surface area contributed by atoms with Crippen LogP contribution in [0.2, 0.25) is 0 Å². The number of halogens is 2. The second-order valence-electron chi connectivity index (χ2n) is 6.95. The first-order chi connectivity index (χ1) is 13.4. The maximum atomic E-state index is 14.1. The van der Waals surface area contributed by atoms with Crippen molar-refractivity contribution in [2.24, 2.45) is 0 Å². The van der Waals surface area contributed by atoms with E-state index in [1.54, 1.807) is 36.4 Å². The van der Waals surface area contributed by atoms with E-state index >= 15 is 0 Å². The molecule has 0 atom stereocenters. The van der Waals surface area contributed by atoms with Crippen LogP contribution < -0.4 is 5.32 Å². The third kappa shape index (κ3) is 5.47. The van der Waals surface area contributed by atoms with Gasteiger partial charge >= 0.3 is 0 Å². The summed E-state index contributed by atoms with van der Waals surface area (Å²) in [6.07, 6.45) is 0. The van der Waals surface area contributed by atoms with E-state index in [2.05, 4.69) is 31.0 Å². The van der Waals surface area contributed by atoms with Gasteiger partial charge in [-0.3, -0.25) is 19.4 Å². The topological polar surface area (TPSA) is 52.7 Å². The summed E-state index contributed by atoms with van der Waals surface area (Å²) in [5.41, 5.74) is 1.98. The first kappa shape index (κ1) is 20.6. The molecule has 5 nitrogen and oxygen atoms in total. The average Bonchev–Trinajstić information content (AvgIpc) is 2.67. The van der Waals surface area contributed by atoms with Crippen molar-refractivity contribution in [1.29, 1.82) is 0 Å². The molecule has 0 radical (unpaired) electrons. The highest BCUT2D eigenvalue weighted by Gasteiger charge is 2.20. The van der Waals surface area contributed by atoms with E-state index in [9.17, 15) is 14.0 Å². The Bertz CT molecular complexity index is 849. The number of rotatable bonds is 6. The monoisotopic (exact) mass is 447 g/mol. The van der Waals surface area contributed by atoms with Gasteiger partial charge in [0.2, 0.25) is 5.91 Å². The van der Waals surface area contributed by atoms with Gasteiger partial charge in [0.1, 0.15) is 5.82 Å². The van der Waals surface area contributed by atoms with Gasteiger partial charge in [0.05, 0.1) is 11.0 Å². The van der Waals surface area contributed by atoms with Crippen molar-refractivity contribution in [3.8, 4) is 0 Å². The predicted molar refractivity (Wildman–Crippen MR) is 111 cm³/mol. The number of carbonyl (C=O) groups is 2. The molecule has 3 rings (SSSR count). The summed E-state index contributed by atoms with van der Waals surface area (Å²) in [7, 11) is 0. The van der Waals surface area contributed by atoms with Crippen LogP contribution >= 0.6 is 15.9 Å². The molecule has 1 aliphatic heterocycles. The second kappa shape index (κ2) is 9.41. The molecule has 0 saturated carbocycles. The number of carbonyl (C=O) groups excluding carboxylic acids is 2. The molecule has 0 bridgehead atoms. The fourth-order valence-electron chi connectivity index (χ4n) is 3.21. The molecule has 148 valence electrons. The Balaban J connectivity index is 1.45. The molecular formula is C21H23BrFN3O2. The van der Waals surface area contributed by atoms with Crippen LogP contribution in [0.3, 0.4) is 0 Å². The summed E-state index contributed by atoms with van der Waals surface area (Å²) < 4.78 is 14.6. The fourth-order valence-corrected chi connectivity index (χ4v) is 3.62. The molecule has 7 heteroatoms. The zero-order chi connectivity index (χ0) is 20.1. The lowest BCUT2D eigenvalue weighted by atomic mass is 10.1. The van der Waals surface area contributed by atoms with Gasteiger partial charge in [-0.2, -0.15) is 0 Å².